The minimum absolute atomic E-state index is 0.129. The van der Waals surface area contributed by atoms with Crippen molar-refractivity contribution in [3.8, 4) is 5.75 Å². The number of halogens is 1. The number of methoxy groups -OCH3 is 1. The van der Waals surface area contributed by atoms with E-state index < -0.39 is 0 Å². The molecule has 0 N–H and O–H groups in total. The molecule has 0 saturated carbocycles. The molecule has 0 saturated heterocycles. The number of nitrogens with zero attached hydrogens (tertiary/aromatic N) is 2. The largest absolute Gasteiger partial charge is 0.496 e. The molecule has 106 valence electrons. The molecule has 0 bridgehead atoms. The quantitative estimate of drug-likeness (QED) is 0.732. The normalized spacial score (nSPS) is 10.8. The first-order valence-electron chi connectivity index (χ1n) is 6.46. The van der Waals surface area contributed by atoms with E-state index >= 15 is 0 Å². The summed E-state index contributed by atoms with van der Waals surface area (Å²) in [4.78, 5) is 16.3. The first-order chi connectivity index (χ1) is 10.2. The zero-order valence-corrected chi connectivity index (χ0v) is 13.0. The van der Waals surface area contributed by atoms with Crippen molar-refractivity contribution in [3.05, 3.63) is 69.1 Å². The summed E-state index contributed by atoms with van der Waals surface area (Å²) < 4.78 is 8.02. The molecule has 0 radical (unpaired) electrons. The van der Waals surface area contributed by atoms with Gasteiger partial charge in [0.15, 0.2) is 0 Å². The first-order valence-corrected chi connectivity index (χ1v) is 7.25. The Labute approximate surface area is 130 Å². The van der Waals surface area contributed by atoms with E-state index in [0.717, 1.165) is 26.8 Å². The maximum absolute atomic E-state index is 12.2. The fraction of sp³-hybridized carbons (Fsp3) is 0.125. The Morgan fingerprint density at radius 2 is 2.05 bits per heavy atom. The second kappa shape index (κ2) is 5.69. The Bertz CT molecular complexity index is 858. The number of benzene rings is 2. The Kier molecular flexibility index (Phi) is 3.75. The molecule has 5 heteroatoms. The number of para-hydroxylation sites is 2. The van der Waals surface area contributed by atoms with Crippen LogP contribution in [0.1, 0.15) is 5.56 Å². The molecule has 3 rings (SSSR count). The van der Waals surface area contributed by atoms with Crippen LogP contribution < -0.4 is 10.3 Å². The SMILES string of the molecule is COc1ccc(Br)cc1Cn1c(=O)cnc2ccccc21. The summed E-state index contributed by atoms with van der Waals surface area (Å²) in [7, 11) is 1.63. The van der Waals surface area contributed by atoms with Crippen molar-refractivity contribution in [2.24, 2.45) is 0 Å². The van der Waals surface area contributed by atoms with Crippen LogP contribution in [-0.4, -0.2) is 16.7 Å². The summed E-state index contributed by atoms with van der Waals surface area (Å²) >= 11 is 3.45. The predicted molar refractivity (Wildman–Crippen MR) is 85.8 cm³/mol. The molecule has 0 fully saturated rings. The van der Waals surface area contributed by atoms with Crippen LogP contribution in [-0.2, 0) is 6.54 Å². The molecule has 0 spiro atoms. The number of hydrogen-bond donors (Lipinski definition) is 0. The number of rotatable bonds is 3. The smallest absolute Gasteiger partial charge is 0.269 e. The van der Waals surface area contributed by atoms with Gasteiger partial charge in [-0.3, -0.25) is 4.79 Å². The van der Waals surface area contributed by atoms with E-state index in [1.165, 1.54) is 6.20 Å². The molecule has 1 aromatic heterocycles. The lowest BCUT2D eigenvalue weighted by Crippen LogP contribution is -2.21. The summed E-state index contributed by atoms with van der Waals surface area (Å²) in [5, 5.41) is 0. The van der Waals surface area contributed by atoms with Crippen LogP contribution in [0.4, 0.5) is 0 Å². The average Bonchev–Trinajstić information content (AvgIpc) is 2.50. The highest BCUT2D eigenvalue weighted by Crippen LogP contribution is 2.24. The van der Waals surface area contributed by atoms with Gasteiger partial charge in [0.25, 0.3) is 5.56 Å². The van der Waals surface area contributed by atoms with Gasteiger partial charge in [-0.2, -0.15) is 0 Å². The average molecular weight is 345 g/mol. The molecule has 3 aromatic rings. The molecule has 1 heterocycles. The van der Waals surface area contributed by atoms with Gasteiger partial charge in [0.05, 0.1) is 30.9 Å². The highest BCUT2D eigenvalue weighted by atomic mass is 79.9. The predicted octanol–water partition coefficient (Wildman–Crippen LogP) is 3.22. The summed E-state index contributed by atoms with van der Waals surface area (Å²) in [6.07, 6.45) is 1.35. The lowest BCUT2D eigenvalue weighted by Gasteiger charge is -2.13. The molecule has 0 atom stereocenters. The van der Waals surface area contributed by atoms with E-state index in [1.54, 1.807) is 11.7 Å². The van der Waals surface area contributed by atoms with Crippen LogP contribution in [0.2, 0.25) is 0 Å². The monoisotopic (exact) mass is 344 g/mol. The highest BCUT2D eigenvalue weighted by Gasteiger charge is 2.09. The molecule has 0 amide bonds. The van der Waals surface area contributed by atoms with E-state index in [0.29, 0.717) is 6.54 Å². The van der Waals surface area contributed by atoms with Gasteiger partial charge in [-0.05, 0) is 30.3 Å². The molecule has 0 aliphatic rings. The van der Waals surface area contributed by atoms with Gasteiger partial charge in [0, 0.05) is 10.0 Å². The zero-order valence-electron chi connectivity index (χ0n) is 11.4. The lowest BCUT2D eigenvalue weighted by molar-refractivity contribution is 0.408. The third kappa shape index (κ3) is 2.69. The van der Waals surface area contributed by atoms with Crippen molar-refractivity contribution in [3.63, 3.8) is 0 Å². The third-order valence-electron chi connectivity index (χ3n) is 3.32. The number of hydrogen-bond acceptors (Lipinski definition) is 3. The Hall–Kier alpha value is -2.14. The van der Waals surface area contributed by atoms with E-state index in [1.807, 2.05) is 42.5 Å². The second-order valence-corrected chi connectivity index (χ2v) is 5.54. The maximum Gasteiger partial charge on any atom is 0.269 e. The third-order valence-corrected chi connectivity index (χ3v) is 3.82. The van der Waals surface area contributed by atoms with Gasteiger partial charge in [0.2, 0.25) is 0 Å². The molecular weight excluding hydrogens is 332 g/mol. The molecule has 0 unspecified atom stereocenters. The summed E-state index contributed by atoms with van der Waals surface area (Å²) in [6, 6.07) is 13.4. The fourth-order valence-electron chi connectivity index (χ4n) is 2.32. The van der Waals surface area contributed by atoms with Crippen molar-refractivity contribution < 1.29 is 4.74 Å². The molecule has 4 nitrogen and oxygen atoms in total. The van der Waals surface area contributed by atoms with Crippen molar-refractivity contribution in [1.82, 2.24) is 9.55 Å². The van der Waals surface area contributed by atoms with Crippen LogP contribution >= 0.6 is 15.9 Å². The molecule has 21 heavy (non-hydrogen) atoms. The lowest BCUT2D eigenvalue weighted by atomic mass is 10.2. The van der Waals surface area contributed by atoms with E-state index in [4.69, 9.17) is 4.74 Å². The molecular formula is C16H13BrN2O2. The van der Waals surface area contributed by atoms with E-state index in [9.17, 15) is 4.79 Å². The summed E-state index contributed by atoms with van der Waals surface area (Å²) in [6.45, 7) is 0.435. The topological polar surface area (TPSA) is 44.1 Å². The van der Waals surface area contributed by atoms with Gasteiger partial charge >= 0.3 is 0 Å². The second-order valence-electron chi connectivity index (χ2n) is 4.63. The van der Waals surface area contributed by atoms with Crippen LogP contribution in [0, 0.1) is 0 Å². The Morgan fingerprint density at radius 1 is 1.24 bits per heavy atom. The fourth-order valence-corrected chi connectivity index (χ4v) is 2.73. The van der Waals surface area contributed by atoms with Crippen molar-refractivity contribution in [1.29, 1.82) is 0 Å². The van der Waals surface area contributed by atoms with Gasteiger partial charge in [-0.1, -0.05) is 28.1 Å². The van der Waals surface area contributed by atoms with Gasteiger partial charge in [-0.25, -0.2) is 4.98 Å². The highest BCUT2D eigenvalue weighted by molar-refractivity contribution is 9.10. The van der Waals surface area contributed by atoms with Gasteiger partial charge in [0.1, 0.15) is 5.75 Å². The van der Waals surface area contributed by atoms with E-state index in [-0.39, 0.29) is 5.56 Å². The molecule has 2 aromatic carbocycles. The number of fused-ring (bicyclic) bond motifs is 1. The van der Waals surface area contributed by atoms with Crippen molar-refractivity contribution >= 4 is 27.0 Å². The Morgan fingerprint density at radius 3 is 2.86 bits per heavy atom. The van der Waals surface area contributed by atoms with Crippen molar-refractivity contribution in [2.45, 2.75) is 6.54 Å². The summed E-state index contributed by atoms with van der Waals surface area (Å²) in [5.74, 6) is 0.756. The summed E-state index contributed by atoms with van der Waals surface area (Å²) in [5.41, 5.74) is 2.42. The van der Waals surface area contributed by atoms with Crippen molar-refractivity contribution in [2.75, 3.05) is 7.11 Å². The molecule has 0 aliphatic carbocycles. The molecule has 0 aliphatic heterocycles. The van der Waals surface area contributed by atoms with E-state index in [2.05, 4.69) is 20.9 Å². The van der Waals surface area contributed by atoms with Crippen LogP contribution in [0.3, 0.4) is 0 Å². The maximum atomic E-state index is 12.2. The zero-order chi connectivity index (χ0) is 14.8. The minimum atomic E-state index is -0.129. The van der Waals surface area contributed by atoms with Crippen LogP contribution in [0.15, 0.2) is 57.9 Å². The van der Waals surface area contributed by atoms with Crippen LogP contribution in [0.25, 0.3) is 11.0 Å². The standard InChI is InChI=1S/C16H13BrN2O2/c1-21-15-7-6-12(17)8-11(15)10-19-14-5-3-2-4-13(14)18-9-16(19)20/h2-9H,10H2,1H3. The Balaban J connectivity index is 2.16. The number of aromatic nitrogens is 2. The number of ether oxygens (including phenoxy) is 1. The van der Waals surface area contributed by atoms with Crippen LogP contribution in [0.5, 0.6) is 5.75 Å². The van der Waals surface area contributed by atoms with Gasteiger partial charge < -0.3 is 9.30 Å². The van der Waals surface area contributed by atoms with Gasteiger partial charge in [-0.15, -0.1) is 0 Å². The first kappa shape index (κ1) is 13.8. The minimum Gasteiger partial charge on any atom is -0.496 e.